The van der Waals surface area contributed by atoms with Crippen LogP contribution in [0.3, 0.4) is 0 Å². The number of aliphatic hydroxyl groups is 2. The van der Waals surface area contributed by atoms with E-state index in [4.69, 9.17) is 9.47 Å². The third-order valence-corrected chi connectivity index (χ3v) is 2.93. The molecule has 0 fully saturated rings. The van der Waals surface area contributed by atoms with Gasteiger partial charge in [-0.15, -0.1) is 0 Å². The third-order valence-electron chi connectivity index (χ3n) is 2.93. The number of hydrogen-bond acceptors (Lipinski definition) is 5. The van der Waals surface area contributed by atoms with Crippen LogP contribution in [0, 0.1) is 0 Å². The normalized spacial score (nSPS) is 14.1. The van der Waals surface area contributed by atoms with Crippen LogP contribution in [-0.2, 0) is 4.74 Å². The summed E-state index contributed by atoms with van der Waals surface area (Å²) >= 11 is 0. The van der Waals surface area contributed by atoms with Gasteiger partial charge in [-0.2, -0.15) is 0 Å². The van der Waals surface area contributed by atoms with Gasteiger partial charge in [0.2, 0.25) is 0 Å². The van der Waals surface area contributed by atoms with E-state index >= 15 is 0 Å². The van der Waals surface area contributed by atoms with Crippen molar-refractivity contribution in [3.8, 4) is 5.75 Å². The van der Waals surface area contributed by atoms with Crippen LogP contribution in [-0.4, -0.2) is 41.7 Å². The van der Waals surface area contributed by atoms with Gasteiger partial charge in [-0.25, -0.2) is 4.79 Å². The molecule has 0 radical (unpaired) electrons. The molecule has 0 heterocycles. The van der Waals surface area contributed by atoms with E-state index in [1.165, 1.54) is 0 Å². The largest absolute Gasteiger partial charge is 0.497 e. The fourth-order valence-electron chi connectivity index (χ4n) is 1.82. The Balaban J connectivity index is 2.40. The molecule has 2 atom stereocenters. The summed E-state index contributed by atoms with van der Waals surface area (Å²) in [6, 6.07) is 6.80. The Labute approximate surface area is 131 Å². The van der Waals surface area contributed by atoms with E-state index in [-0.39, 0.29) is 13.0 Å². The lowest BCUT2D eigenvalue weighted by atomic mass is 10.0. The van der Waals surface area contributed by atoms with Crippen molar-refractivity contribution in [2.24, 2.45) is 0 Å². The Hall–Kier alpha value is -1.79. The Bertz CT molecular complexity index is 466. The summed E-state index contributed by atoms with van der Waals surface area (Å²) in [4.78, 5) is 11.5. The summed E-state index contributed by atoms with van der Waals surface area (Å²) in [5.74, 6) is 0.678. The molecule has 2 unspecified atom stereocenters. The zero-order valence-electron chi connectivity index (χ0n) is 13.5. The molecule has 0 aromatic heterocycles. The first-order valence-corrected chi connectivity index (χ1v) is 7.20. The van der Waals surface area contributed by atoms with Gasteiger partial charge in [0.1, 0.15) is 17.5 Å². The van der Waals surface area contributed by atoms with Crippen LogP contribution in [0.15, 0.2) is 24.3 Å². The highest BCUT2D eigenvalue weighted by Gasteiger charge is 2.20. The van der Waals surface area contributed by atoms with E-state index in [1.54, 1.807) is 52.1 Å². The molecule has 0 saturated heterocycles. The molecule has 124 valence electrons. The molecule has 3 N–H and O–H groups in total. The average molecular weight is 311 g/mol. The van der Waals surface area contributed by atoms with Gasteiger partial charge < -0.3 is 25.0 Å². The van der Waals surface area contributed by atoms with Crippen LogP contribution in [0.5, 0.6) is 5.75 Å². The zero-order chi connectivity index (χ0) is 16.8. The fourth-order valence-corrected chi connectivity index (χ4v) is 1.82. The predicted octanol–water partition coefficient (Wildman–Crippen LogP) is 2.00. The van der Waals surface area contributed by atoms with Crippen molar-refractivity contribution in [2.45, 2.75) is 45.0 Å². The minimum atomic E-state index is -1.02. The van der Waals surface area contributed by atoms with Gasteiger partial charge in [-0.05, 0) is 44.9 Å². The molecular formula is C16H25NO5. The second kappa shape index (κ2) is 8.00. The van der Waals surface area contributed by atoms with Gasteiger partial charge in [0.25, 0.3) is 0 Å². The molecule has 1 aromatic carbocycles. The number of carbonyl (C=O) groups excluding carboxylic acids is 1. The molecule has 22 heavy (non-hydrogen) atoms. The quantitative estimate of drug-likeness (QED) is 0.748. The Kier molecular flexibility index (Phi) is 6.64. The van der Waals surface area contributed by atoms with Crippen molar-refractivity contribution < 1.29 is 24.5 Å². The number of amides is 1. The fraction of sp³-hybridized carbons (Fsp3) is 0.562. The smallest absolute Gasteiger partial charge is 0.407 e. The number of nitrogens with one attached hydrogen (secondary N) is 1. The van der Waals surface area contributed by atoms with Gasteiger partial charge >= 0.3 is 6.09 Å². The topological polar surface area (TPSA) is 88.0 Å². The van der Waals surface area contributed by atoms with E-state index < -0.39 is 23.9 Å². The van der Waals surface area contributed by atoms with Crippen LogP contribution in [0.4, 0.5) is 4.79 Å². The monoisotopic (exact) mass is 311 g/mol. The van der Waals surface area contributed by atoms with Crippen LogP contribution in [0.25, 0.3) is 0 Å². The van der Waals surface area contributed by atoms with Crippen LogP contribution in [0.1, 0.15) is 38.9 Å². The highest BCUT2D eigenvalue weighted by Crippen LogP contribution is 2.21. The summed E-state index contributed by atoms with van der Waals surface area (Å²) in [5.41, 5.74) is 0.0243. The second-order valence-corrected chi connectivity index (χ2v) is 6.00. The van der Waals surface area contributed by atoms with E-state index in [1.807, 2.05) is 0 Å². The van der Waals surface area contributed by atoms with Gasteiger partial charge in [-0.3, -0.25) is 0 Å². The van der Waals surface area contributed by atoms with Crippen molar-refractivity contribution in [1.82, 2.24) is 5.32 Å². The Morgan fingerprint density at radius 3 is 2.32 bits per heavy atom. The maximum absolute atomic E-state index is 11.5. The molecule has 1 rings (SSSR count). The number of aliphatic hydroxyl groups excluding tert-OH is 2. The molecule has 0 aliphatic carbocycles. The number of benzene rings is 1. The molecule has 0 saturated carbocycles. The Morgan fingerprint density at radius 2 is 1.82 bits per heavy atom. The zero-order valence-corrected chi connectivity index (χ0v) is 13.5. The SMILES string of the molecule is COc1ccc(C(O)C(O)CCNC(=O)OC(C)(C)C)cc1. The van der Waals surface area contributed by atoms with Crippen molar-refractivity contribution in [2.75, 3.05) is 13.7 Å². The van der Waals surface area contributed by atoms with Gasteiger partial charge in [0.05, 0.1) is 13.2 Å². The van der Waals surface area contributed by atoms with Gasteiger partial charge in [0.15, 0.2) is 0 Å². The Morgan fingerprint density at radius 1 is 1.23 bits per heavy atom. The standard InChI is InChI=1S/C16H25NO5/c1-16(2,3)22-15(20)17-10-9-13(18)14(19)11-5-7-12(21-4)8-6-11/h5-8,13-14,18-19H,9-10H2,1-4H3,(H,17,20). The molecule has 1 amide bonds. The number of alkyl carbamates (subject to hydrolysis) is 1. The van der Waals surface area contributed by atoms with Crippen molar-refractivity contribution >= 4 is 6.09 Å². The third kappa shape index (κ3) is 6.32. The molecule has 0 aliphatic rings. The molecule has 0 bridgehead atoms. The number of hydrogen-bond donors (Lipinski definition) is 3. The van der Waals surface area contributed by atoms with Crippen LogP contribution < -0.4 is 10.1 Å². The maximum atomic E-state index is 11.5. The first-order chi connectivity index (χ1) is 10.2. The summed E-state index contributed by atoms with van der Waals surface area (Å²) in [6.07, 6.45) is -2.33. The average Bonchev–Trinajstić information content (AvgIpc) is 2.44. The first-order valence-electron chi connectivity index (χ1n) is 7.20. The number of rotatable bonds is 6. The highest BCUT2D eigenvalue weighted by atomic mass is 16.6. The molecule has 6 heteroatoms. The van der Waals surface area contributed by atoms with Gasteiger partial charge in [-0.1, -0.05) is 12.1 Å². The van der Waals surface area contributed by atoms with Crippen molar-refractivity contribution in [3.05, 3.63) is 29.8 Å². The lowest BCUT2D eigenvalue weighted by molar-refractivity contribution is 0.0123. The van der Waals surface area contributed by atoms with Crippen LogP contribution >= 0.6 is 0 Å². The summed E-state index contributed by atoms with van der Waals surface area (Å²) in [5, 5.41) is 22.6. The second-order valence-electron chi connectivity index (χ2n) is 6.00. The van der Waals surface area contributed by atoms with Crippen molar-refractivity contribution in [1.29, 1.82) is 0 Å². The lowest BCUT2D eigenvalue weighted by Crippen LogP contribution is -2.34. The number of ether oxygens (including phenoxy) is 2. The predicted molar refractivity (Wildman–Crippen MR) is 82.8 cm³/mol. The number of methoxy groups -OCH3 is 1. The maximum Gasteiger partial charge on any atom is 0.407 e. The summed E-state index contributed by atoms with van der Waals surface area (Å²) in [7, 11) is 1.56. The minimum Gasteiger partial charge on any atom is -0.497 e. The van der Waals surface area contributed by atoms with Crippen molar-refractivity contribution in [3.63, 3.8) is 0 Å². The molecule has 0 aliphatic heterocycles. The van der Waals surface area contributed by atoms with Crippen LogP contribution in [0.2, 0.25) is 0 Å². The van der Waals surface area contributed by atoms with E-state index in [0.717, 1.165) is 0 Å². The minimum absolute atomic E-state index is 0.212. The molecular weight excluding hydrogens is 286 g/mol. The van der Waals surface area contributed by atoms with E-state index in [0.29, 0.717) is 11.3 Å². The highest BCUT2D eigenvalue weighted by molar-refractivity contribution is 5.67. The first kappa shape index (κ1) is 18.3. The summed E-state index contributed by atoms with van der Waals surface area (Å²) in [6.45, 7) is 5.53. The summed E-state index contributed by atoms with van der Waals surface area (Å²) < 4.78 is 10.1. The van der Waals surface area contributed by atoms with E-state index in [2.05, 4.69) is 5.32 Å². The van der Waals surface area contributed by atoms with E-state index in [9.17, 15) is 15.0 Å². The molecule has 1 aromatic rings. The van der Waals surface area contributed by atoms with Gasteiger partial charge in [0, 0.05) is 6.54 Å². The molecule has 6 nitrogen and oxygen atoms in total. The lowest BCUT2D eigenvalue weighted by Gasteiger charge is -2.21. The molecule has 0 spiro atoms. The number of carbonyl (C=O) groups is 1.